The van der Waals surface area contributed by atoms with Gasteiger partial charge < -0.3 is 9.88 Å². The van der Waals surface area contributed by atoms with E-state index in [1.807, 2.05) is 42.7 Å². The number of nitrogens with zero attached hydrogens (tertiary/aromatic N) is 4. The van der Waals surface area contributed by atoms with Crippen LogP contribution in [0.1, 0.15) is 18.1 Å². The molecule has 2 aromatic carbocycles. The van der Waals surface area contributed by atoms with Gasteiger partial charge in [-0.3, -0.25) is 14.9 Å². The maximum atomic E-state index is 12.4. The van der Waals surface area contributed by atoms with Crippen LogP contribution in [-0.4, -0.2) is 31.3 Å². The number of carbonyl (C=O) groups excluding carboxylic acids is 1. The highest BCUT2D eigenvalue weighted by Crippen LogP contribution is 2.27. The molecule has 1 heterocycles. The molecule has 150 valence electrons. The van der Waals surface area contributed by atoms with Crippen LogP contribution in [-0.2, 0) is 11.3 Å². The van der Waals surface area contributed by atoms with Crippen molar-refractivity contribution in [1.82, 2.24) is 14.8 Å². The zero-order valence-corrected chi connectivity index (χ0v) is 17.2. The second kappa shape index (κ2) is 8.87. The second-order valence-electron chi connectivity index (χ2n) is 6.46. The molecule has 0 radical (unpaired) electrons. The van der Waals surface area contributed by atoms with Gasteiger partial charge in [0, 0.05) is 29.9 Å². The van der Waals surface area contributed by atoms with Crippen LogP contribution < -0.4 is 5.32 Å². The third-order valence-electron chi connectivity index (χ3n) is 4.45. The van der Waals surface area contributed by atoms with Gasteiger partial charge in [0.25, 0.3) is 5.69 Å². The predicted molar refractivity (Wildman–Crippen MR) is 113 cm³/mol. The molecule has 0 unspecified atom stereocenters. The number of amides is 1. The summed E-state index contributed by atoms with van der Waals surface area (Å²) in [5.41, 5.74) is 3.31. The Morgan fingerprint density at radius 1 is 1.17 bits per heavy atom. The maximum absolute atomic E-state index is 12.4. The highest BCUT2D eigenvalue weighted by Gasteiger charge is 2.16. The molecule has 0 bridgehead atoms. The lowest BCUT2D eigenvalue weighted by Gasteiger charge is -2.10. The molecule has 1 aromatic heterocycles. The van der Waals surface area contributed by atoms with Crippen molar-refractivity contribution < 1.29 is 9.72 Å². The van der Waals surface area contributed by atoms with Crippen molar-refractivity contribution in [2.75, 3.05) is 11.1 Å². The average Bonchev–Trinajstić information content (AvgIpc) is 3.10. The van der Waals surface area contributed by atoms with Gasteiger partial charge in [-0.2, -0.15) is 0 Å². The number of rotatable bonds is 7. The SMILES string of the molecule is CCn1c(SCC(=O)Nc2ccc([N+](=O)[O-])cc2C)nnc1-c1ccccc1C. The van der Waals surface area contributed by atoms with Crippen molar-refractivity contribution in [3.05, 3.63) is 63.7 Å². The number of benzene rings is 2. The fourth-order valence-corrected chi connectivity index (χ4v) is 3.72. The number of carbonyl (C=O) groups is 1. The summed E-state index contributed by atoms with van der Waals surface area (Å²) in [6.45, 7) is 6.44. The van der Waals surface area contributed by atoms with Crippen LogP contribution in [0.3, 0.4) is 0 Å². The molecule has 8 nitrogen and oxygen atoms in total. The summed E-state index contributed by atoms with van der Waals surface area (Å²) in [6, 6.07) is 12.3. The first-order valence-electron chi connectivity index (χ1n) is 9.07. The third kappa shape index (κ3) is 4.62. The number of aromatic nitrogens is 3. The monoisotopic (exact) mass is 411 g/mol. The smallest absolute Gasteiger partial charge is 0.269 e. The van der Waals surface area contributed by atoms with Gasteiger partial charge in [-0.05, 0) is 38.0 Å². The van der Waals surface area contributed by atoms with E-state index in [4.69, 9.17) is 0 Å². The Bertz CT molecular complexity index is 1060. The van der Waals surface area contributed by atoms with E-state index in [0.29, 0.717) is 23.0 Å². The molecule has 1 N–H and O–H groups in total. The van der Waals surface area contributed by atoms with Crippen molar-refractivity contribution in [2.45, 2.75) is 32.5 Å². The minimum Gasteiger partial charge on any atom is -0.325 e. The number of non-ortho nitro benzene ring substituents is 1. The van der Waals surface area contributed by atoms with E-state index in [0.717, 1.165) is 17.0 Å². The van der Waals surface area contributed by atoms with Gasteiger partial charge in [0.1, 0.15) is 0 Å². The molecular weight excluding hydrogens is 390 g/mol. The number of anilines is 1. The first-order valence-corrected chi connectivity index (χ1v) is 10.1. The standard InChI is InChI=1S/C20H21N5O3S/c1-4-24-19(16-8-6-5-7-13(16)2)22-23-20(24)29-12-18(26)21-17-10-9-15(25(27)28)11-14(17)3/h5-11H,4,12H2,1-3H3,(H,21,26). The van der Waals surface area contributed by atoms with Crippen LogP contribution >= 0.6 is 11.8 Å². The van der Waals surface area contributed by atoms with Gasteiger partial charge in [-0.1, -0.05) is 36.0 Å². The minimum atomic E-state index is -0.460. The number of thioether (sulfide) groups is 1. The van der Waals surface area contributed by atoms with Gasteiger partial charge >= 0.3 is 0 Å². The molecule has 29 heavy (non-hydrogen) atoms. The topological polar surface area (TPSA) is 103 Å². The molecule has 0 spiro atoms. The van der Waals surface area contributed by atoms with Gasteiger partial charge in [0.05, 0.1) is 10.7 Å². The quantitative estimate of drug-likeness (QED) is 0.355. The van der Waals surface area contributed by atoms with E-state index in [9.17, 15) is 14.9 Å². The molecular formula is C20H21N5O3S. The van der Waals surface area contributed by atoms with E-state index in [1.54, 1.807) is 13.0 Å². The van der Waals surface area contributed by atoms with Crippen molar-refractivity contribution in [2.24, 2.45) is 0 Å². The summed E-state index contributed by atoms with van der Waals surface area (Å²) in [4.78, 5) is 22.7. The van der Waals surface area contributed by atoms with E-state index >= 15 is 0 Å². The van der Waals surface area contributed by atoms with E-state index in [1.165, 1.54) is 23.9 Å². The highest BCUT2D eigenvalue weighted by atomic mass is 32.2. The predicted octanol–water partition coefficient (Wildman–Crippen LogP) is 4.22. The second-order valence-corrected chi connectivity index (χ2v) is 7.40. The third-order valence-corrected chi connectivity index (χ3v) is 5.41. The summed E-state index contributed by atoms with van der Waals surface area (Å²) >= 11 is 1.30. The molecule has 1 amide bonds. The molecule has 0 atom stereocenters. The van der Waals surface area contributed by atoms with Crippen LogP contribution in [0.25, 0.3) is 11.4 Å². The Kier molecular flexibility index (Phi) is 6.28. The Balaban J connectivity index is 1.70. The van der Waals surface area contributed by atoms with Crippen LogP contribution in [0.4, 0.5) is 11.4 Å². The number of nitro groups is 1. The fourth-order valence-electron chi connectivity index (χ4n) is 2.92. The summed E-state index contributed by atoms with van der Waals surface area (Å²) in [5, 5.41) is 22.9. The molecule has 0 saturated heterocycles. The molecule has 0 saturated carbocycles. The Morgan fingerprint density at radius 3 is 2.59 bits per heavy atom. The lowest BCUT2D eigenvalue weighted by atomic mass is 10.1. The minimum absolute atomic E-state index is 0.00495. The maximum Gasteiger partial charge on any atom is 0.269 e. The average molecular weight is 411 g/mol. The zero-order valence-electron chi connectivity index (χ0n) is 16.4. The number of nitro benzene ring substituents is 1. The number of hydrogen-bond acceptors (Lipinski definition) is 6. The Labute approximate surface area is 172 Å². The molecule has 3 rings (SSSR count). The van der Waals surface area contributed by atoms with Crippen LogP contribution in [0, 0.1) is 24.0 Å². The van der Waals surface area contributed by atoms with Crippen LogP contribution in [0.15, 0.2) is 47.6 Å². The normalized spacial score (nSPS) is 10.7. The Hall–Kier alpha value is -3.20. The fraction of sp³-hybridized carbons (Fsp3) is 0.250. The van der Waals surface area contributed by atoms with Crippen molar-refractivity contribution in [3.8, 4) is 11.4 Å². The van der Waals surface area contributed by atoms with Crippen molar-refractivity contribution in [1.29, 1.82) is 0 Å². The highest BCUT2D eigenvalue weighted by molar-refractivity contribution is 7.99. The largest absolute Gasteiger partial charge is 0.325 e. The van der Waals surface area contributed by atoms with Gasteiger partial charge in [0.2, 0.25) is 5.91 Å². The van der Waals surface area contributed by atoms with Gasteiger partial charge in [0.15, 0.2) is 11.0 Å². The van der Waals surface area contributed by atoms with Gasteiger partial charge in [-0.25, -0.2) is 0 Å². The summed E-state index contributed by atoms with van der Waals surface area (Å²) in [7, 11) is 0. The first kappa shape index (κ1) is 20.5. The Morgan fingerprint density at radius 2 is 1.93 bits per heavy atom. The number of nitrogens with one attached hydrogen (secondary N) is 1. The van der Waals surface area contributed by atoms with E-state index in [-0.39, 0.29) is 17.3 Å². The summed E-state index contributed by atoms with van der Waals surface area (Å²) < 4.78 is 1.98. The molecule has 0 aliphatic rings. The first-order chi connectivity index (χ1) is 13.9. The summed E-state index contributed by atoms with van der Waals surface area (Å²) in [6.07, 6.45) is 0. The van der Waals surface area contributed by atoms with Crippen LogP contribution in [0.2, 0.25) is 0 Å². The molecule has 0 aliphatic carbocycles. The molecule has 9 heteroatoms. The molecule has 0 fully saturated rings. The lowest BCUT2D eigenvalue weighted by Crippen LogP contribution is -2.15. The molecule has 3 aromatic rings. The van der Waals surface area contributed by atoms with E-state index in [2.05, 4.69) is 15.5 Å². The lowest BCUT2D eigenvalue weighted by molar-refractivity contribution is -0.384. The van der Waals surface area contributed by atoms with Crippen LogP contribution in [0.5, 0.6) is 0 Å². The zero-order chi connectivity index (χ0) is 21.0. The molecule has 0 aliphatic heterocycles. The number of aryl methyl sites for hydroxylation is 2. The van der Waals surface area contributed by atoms with Crippen molar-refractivity contribution in [3.63, 3.8) is 0 Å². The van der Waals surface area contributed by atoms with Gasteiger partial charge in [-0.15, -0.1) is 10.2 Å². The summed E-state index contributed by atoms with van der Waals surface area (Å²) in [5.74, 6) is 0.720. The number of hydrogen-bond donors (Lipinski definition) is 1. The van der Waals surface area contributed by atoms with Crippen molar-refractivity contribution >= 4 is 29.0 Å². The van der Waals surface area contributed by atoms with E-state index < -0.39 is 4.92 Å².